The van der Waals surface area contributed by atoms with E-state index < -0.39 is 0 Å². The van der Waals surface area contributed by atoms with Crippen molar-refractivity contribution >= 4 is 23.1 Å². The van der Waals surface area contributed by atoms with Crippen LogP contribution in [-0.2, 0) is 4.79 Å². The van der Waals surface area contributed by atoms with Crippen LogP contribution >= 0.6 is 0 Å². The van der Waals surface area contributed by atoms with Crippen molar-refractivity contribution in [1.29, 1.82) is 0 Å². The van der Waals surface area contributed by atoms with E-state index >= 15 is 0 Å². The fraction of sp³-hybridized carbons (Fsp3) is 0.368. The Morgan fingerprint density at radius 2 is 1.96 bits per heavy atom. The average Bonchev–Trinajstić information content (AvgIpc) is 3.21. The summed E-state index contributed by atoms with van der Waals surface area (Å²) in [7, 11) is 3.17. The maximum absolute atomic E-state index is 12.8. The number of amides is 1. The van der Waals surface area contributed by atoms with Crippen molar-refractivity contribution in [1.82, 2.24) is 19.8 Å². The van der Waals surface area contributed by atoms with E-state index in [0.717, 1.165) is 31.7 Å². The van der Waals surface area contributed by atoms with E-state index in [1.807, 2.05) is 12.1 Å². The lowest BCUT2D eigenvalue weighted by Gasteiger charge is -2.32. The zero-order chi connectivity index (χ0) is 19.5. The molecule has 4 rings (SSSR count). The normalized spacial score (nSPS) is 14.9. The summed E-state index contributed by atoms with van der Waals surface area (Å²) in [5, 5.41) is 15.3. The SMILES string of the molecule is COc1ccc(OC)c(NC(=O)C2CCN(c3ccc4nncn4n3)CC2)c1. The lowest BCUT2D eigenvalue weighted by Crippen LogP contribution is -2.38. The van der Waals surface area contributed by atoms with Crippen LogP contribution < -0.4 is 19.7 Å². The molecule has 9 nitrogen and oxygen atoms in total. The number of ether oxygens (including phenoxy) is 2. The topological polar surface area (TPSA) is 93.9 Å². The number of methoxy groups -OCH3 is 2. The van der Waals surface area contributed by atoms with Gasteiger partial charge in [-0.1, -0.05) is 0 Å². The smallest absolute Gasteiger partial charge is 0.227 e. The molecule has 1 aliphatic heterocycles. The van der Waals surface area contributed by atoms with Crippen molar-refractivity contribution in [2.75, 3.05) is 37.5 Å². The zero-order valence-electron chi connectivity index (χ0n) is 15.8. The first-order valence-corrected chi connectivity index (χ1v) is 9.13. The van der Waals surface area contributed by atoms with Crippen LogP contribution in [0.1, 0.15) is 12.8 Å². The van der Waals surface area contributed by atoms with Gasteiger partial charge in [0, 0.05) is 25.1 Å². The number of rotatable bonds is 5. The summed E-state index contributed by atoms with van der Waals surface area (Å²) in [6, 6.07) is 9.18. The molecule has 1 aliphatic rings. The summed E-state index contributed by atoms with van der Waals surface area (Å²) in [6.07, 6.45) is 3.08. The third kappa shape index (κ3) is 3.55. The van der Waals surface area contributed by atoms with Crippen molar-refractivity contribution in [3.63, 3.8) is 0 Å². The number of carbonyl (C=O) groups is 1. The summed E-state index contributed by atoms with van der Waals surface area (Å²) in [6.45, 7) is 1.52. The number of hydrogen-bond donors (Lipinski definition) is 1. The summed E-state index contributed by atoms with van der Waals surface area (Å²) in [5.74, 6) is 2.07. The molecule has 28 heavy (non-hydrogen) atoms. The third-order valence-corrected chi connectivity index (χ3v) is 5.00. The Labute approximate surface area is 162 Å². The van der Waals surface area contributed by atoms with Crippen LogP contribution in [0.3, 0.4) is 0 Å². The summed E-state index contributed by atoms with van der Waals surface area (Å²) in [4.78, 5) is 14.9. The lowest BCUT2D eigenvalue weighted by molar-refractivity contribution is -0.120. The Kier molecular flexibility index (Phi) is 4.96. The number of hydrogen-bond acceptors (Lipinski definition) is 7. The Balaban J connectivity index is 1.40. The van der Waals surface area contributed by atoms with Gasteiger partial charge >= 0.3 is 0 Å². The van der Waals surface area contributed by atoms with E-state index in [1.54, 1.807) is 43.3 Å². The monoisotopic (exact) mass is 382 g/mol. The maximum Gasteiger partial charge on any atom is 0.227 e. The van der Waals surface area contributed by atoms with Crippen LogP contribution in [0.5, 0.6) is 11.5 Å². The fourth-order valence-corrected chi connectivity index (χ4v) is 3.40. The number of nitrogens with zero attached hydrogens (tertiary/aromatic N) is 5. The predicted octanol–water partition coefficient (Wildman–Crippen LogP) is 2.00. The van der Waals surface area contributed by atoms with E-state index in [-0.39, 0.29) is 11.8 Å². The molecule has 9 heteroatoms. The molecular formula is C19H22N6O3. The van der Waals surface area contributed by atoms with Crippen molar-refractivity contribution in [2.45, 2.75) is 12.8 Å². The van der Waals surface area contributed by atoms with Gasteiger partial charge < -0.3 is 19.7 Å². The van der Waals surface area contributed by atoms with Gasteiger partial charge in [0.1, 0.15) is 23.6 Å². The van der Waals surface area contributed by atoms with Crippen LogP contribution in [0.25, 0.3) is 5.65 Å². The van der Waals surface area contributed by atoms with Gasteiger partial charge in [-0.05, 0) is 37.1 Å². The Morgan fingerprint density at radius 3 is 2.71 bits per heavy atom. The van der Waals surface area contributed by atoms with E-state index in [2.05, 4.69) is 25.5 Å². The molecule has 0 atom stereocenters. The second kappa shape index (κ2) is 7.71. The second-order valence-corrected chi connectivity index (χ2v) is 6.64. The van der Waals surface area contributed by atoms with Crippen molar-refractivity contribution in [2.24, 2.45) is 5.92 Å². The molecular weight excluding hydrogens is 360 g/mol. The highest BCUT2D eigenvalue weighted by molar-refractivity contribution is 5.94. The van der Waals surface area contributed by atoms with Gasteiger partial charge in [-0.2, -0.15) is 4.52 Å². The fourth-order valence-electron chi connectivity index (χ4n) is 3.40. The van der Waals surface area contributed by atoms with Gasteiger partial charge in [-0.15, -0.1) is 15.3 Å². The van der Waals surface area contributed by atoms with Gasteiger partial charge in [0.2, 0.25) is 5.91 Å². The van der Waals surface area contributed by atoms with Crippen LogP contribution in [-0.4, -0.2) is 53.0 Å². The molecule has 0 unspecified atom stereocenters. The maximum atomic E-state index is 12.8. The molecule has 146 valence electrons. The second-order valence-electron chi connectivity index (χ2n) is 6.64. The minimum absolute atomic E-state index is 0.00609. The number of fused-ring (bicyclic) bond motifs is 1. The zero-order valence-corrected chi connectivity index (χ0v) is 15.8. The molecule has 0 saturated carbocycles. The molecule has 1 amide bonds. The molecule has 1 aromatic carbocycles. The van der Waals surface area contributed by atoms with Crippen LogP contribution in [0, 0.1) is 5.92 Å². The first-order valence-electron chi connectivity index (χ1n) is 9.13. The number of benzene rings is 1. The molecule has 1 N–H and O–H groups in total. The van der Waals surface area contributed by atoms with Crippen molar-refractivity contribution < 1.29 is 14.3 Å². The minimum Gasteiger partial charge on any atom is -0.497 e. The molecule has 0 spiro atoms. The highest BCUT2D eigenvalue weighted by Gasteiger charge is 2.26. The Bertz CT molecular complexity index is 981. The highest BCUT2D eigenvalue weighted by atomic mass is 16.5. The Hall–Kier alpha value is -3.36. The first kappa shape index (κ1) is 18.0. The van der Waals surface area contributed by atoms with E-state index in [4.69, 9.17) is 9.47 Å². The van der Waals surface area contributed by atoms with Crippen LogP contribution in [0.2, 0.25) is 0 Å². The largest absolute Gasteiger partial charge is 0.497 e. The highest BCUT2D eigenvalue weighted by Crippen LogP contribution is 2.30. The molecule has 1 saturated heterocycles. The lowest BCUT2D eigenvalue weighted by atomic mass is 9.95. The number of piperidine rings is 1. The number of carbonyl (C=O) groups excluding carboxylic acids is 1. The average molecular weight is 382 g/mol. The van der Waals surface area contributed by atoms with Crippen LogP contribution in [0.15, 0.2) is 36.7 Å². The van der Waals surface area contributed by atoms with Crippen molar-refractivity contribution in [3.8, 4) is 11.5 Å². The quantitative estimate of drug-likeness (QED) is 0.721. The summed E-state index contributed by atoms with van der Waals surface area (Å²) in [5.41, 5.74) is 1.33. The van der Waals surface area contributed by atoms with Crippen molar-refractivity contribution in [3.05, 3.63) is 36.7 Å². The predicted molar refractivity (Wildman–Crippen MR) is 104 cm³/mol. The Morgan fingerprint density at radius 1 is 1.14 bits per heavy atom. The molecule has 2 aromatic heterocycles. The van der Waals surface area contributed by atoms with Gasteiger partial charge in [0.05, 0.1) is 19.9 Å². The molecule has 1 fully saturated rings. The first-order chi connectivity index (χ1) is 13.7. The van der Waals surface area contributed by atoms with E-state index in [1.165, 1.54) is 0 Å². The molecule has 3 heterocycles. The minimum atomic E-state index is -0.0641. The standard InChI is InChI=1S/C19H22N6O3/c1-27-14-3-4-16(28-2)15(11-14)21-19(26)13-7-9-24(10-8-13)18-6-5-17-22-20-12-25(17)23-18/h3-6,11-13H,7-10H2,1-2H3,(H,21,26). The number of anilines is 2. The number of nitrogens with one attached hydrogen (secondary N) is 1. The van der Waals surface area contributed by atoms with Gasteiger partial charge in [-0.25, -0.2) is 0 Å². The van der Waals surface area contributed by atoms with E-state index in [0.29, 0.717) is 22.8 Å². The summed E-state index contributed by atoms with van der Waals surface area (Å²) >= 11 is 0. The number of aromatic nitrogens is 4. The summed E-state index contributed by atoms with van der Waals surface area (Å²) < 4.78 is 12.2. The van der Waals surface area contributed by atoms with Crippen LogP contribution in [0.4, 0.5) is 11.5 Å². The molecule has 0 aliphatic carbocycles. The van der Waals surface area contributed by atoms with Gasteiger partial charge in [0.25, 0.3) is 0 Å². The third-order valence-electron chi connectivity index (χ3n) is 5.00. The molecule has 0 radical (unpaired) electrons. The van der Waals surface area contributed by atoms with E-state index in [9.17, 15) is 4.79 Å². The molecule has 3 aromatic rings. The molecule has 0 bridgehead atoms. The van der Waals surface area contributed by atoms with Gasteiger partial charge in [0.15, 0.2) is 5.65 Å². The van der Waals surface area contributed by atoms with Gasteiger partial charge in [-0.3, -0.25) is 4.79 Å².